The highest BCUT2D eigenvalue weighted by atomic mass is 16.7. The number of carbonyl (C=O) groups excluding carboxylic acids is 2. The van der Waals surface area contributed by atoms with Crippen molar-refractivity contribution in [2.24, 2.45) is 5.92 Å². The van der Waals surface area contributed by atoms with Crippen molar-refractivity contribution < 1.29 is 24.3 Å². The maximum Gasteiger partial charge on any atom is 0.267 e. The van der Waals surface area contributed by atoms with Crippen molar-refractivity contribution in [2.75, 3.05) is 13.9 Å². The number of Topliss-reactive ketones (excluding diaryl/α,β-unsaturated/α-hetero) is 1. The molecule has 1 rings (SSSR count). The molecular weight excluding hydrogens is 286 g/mol. The number of amides is 1. The summed E-state index contributed by atoms with van der Waals surface area (Å²) in [5, 5.41) is 8.31. The molecule has 2 N–H and O–H groups in total. The summed E-state index contributed by atoms with van der Waals surface area (Å²) in [6, 6.07) is 6.78. The molecule has 0 spiro atoms. The molecule has 0 saturated carbocycles. The second kappa shape index (κ2) is 9.49. The van der Waals surface area contributed by atoms with E-state index < -0.39 is 5.91 Å². The molecule has 118 valence electrons. The molecule has 6 nitrogen and oxygen atoms in total. The second-order valence-corrected chi connectivity index (χ2v) is 4.45. The summed E-state index contributed by atoms with van der Waals surface area (Å²) in [4.78, 5) is 22.9. The summed E-state index contributed by atoms with van der Waals surface area (Å²) in [6.45, 7) is 1.91. The minimum Gasteiger partial charge on any atom is -0.468 e. The number of ketones is 1. The maximum atomic E-state index is 12.2. The predicted octanol–water partition coefficient (Wildman–Crippen LogP) is 2.11. The zero-order valence-electron chi connectivity index (χ0n) is 12.5. The highest BCUT2D eigenvalue weighted by molar-refractivity contribution is 5.98. The van der Waals surface area contributed by atoms with Crippen molar-refractivity contribution in [3.8, 4) is 5.75 Å². The topological polar surface area (TPSA) is 84.9 Å². The van der Waals surface area contributed by atoms with Crippen LogP contribution in [0, 0.1) is 5.92 Å². The van der Waals surface area contributed by atoms with Gasteiger partial charge in [-0.2, -0.15) is 0 Å². The number of hydroxylamine groups is 1. The van der Waals surface area contributed by atoms with Crippen LogP contribution in [0.15, 0.2) is 48.6 Å². The van der Waals surface area contributed by atoms with Gasteiger partial charge in [0.2, 0.25) is 0 Å². The maximum absolute atomic E-state index is 12.2. The van der Waals surface area contributed by atoms with Crippen LogP contribution in [0.2, 0.25) is 0 Å². The summed E-state index contributed by atoms with van der Waals surface area (Å²) in [5.74, 6) is -0.392. The van der Waals surface area contributed by atoms with E-state index in [1.165, 1.54) is 18.7 Å². The van der Waals surface area contributed by atoms with Crippen molar-refractivity contribution in [2.45, 2.75) is 6.92 Å². The largest absolute Gasteiger partial charge is 0.468 e. The van der Waals surface area contributed by atoms with Gasteiger partial charge in [0.05, 0.1) is 0 Å². The van der Waals surface area contributed by atoms with Gasteiger partial charge in [0.1, 0.15) is 5.75 Å². The second-order valence-electron chi connectivity index (χ2n) is 4.45. The van der Waals surface area contributed by atoms with E-state index >= 15 is 0 Å². The van der Waals surface area contributed by atoms with E-state index in [1.807, 2.05) is 0 Å². The van der Waals surface area contributed by atoms with Gasteiger partial charge in [-0.05, 0) is 24.3 Å². The predicted molar refractivity (Wildman–Crippen MR) is 80.6 cm³/mol. The zero-order chi connectivity index (χ0) is 16.4. The number of benzene rings is 1. The van der Waals surface area contributed by atoms with Crippen LogP contribution in [0.5, 0.6) is 5.75 Å². The Balaban J connectivity index is 2.60. The van der Waals surface area contributed by atoms with Crippen molar-refractivity contribution in [3.63, 3.8) is 0 Å². The normalized spacial score (nSPS) is 12.5. The van der Waals surface area contributed by atoms with Gasteiger partial charge in [-0.25, -0.2) is 5.48 Å². The average Bonchev–Trinajstić information content (AvgIpc) is 2.56. The lowest BCUT2D eigenvalue weighted by molar-refractivity contribution is -0.124. The molecule has 1 aromatic rings. The van der Waals surface area contributed by atoms with E-state index in [0.29, 0.717) is 11.3 Å². The van der Waals surface area contributed by atoms with Gasteiger partial charge in [-0.15, -0.1) is 0 Å². The van der Waals surface area contributed by atoms with Crippen molar-refractivity contribution >= 4 is 11.7 Å². The van der Waals surface area contributed by atoms with Crippen LogP contribution in [0.4, 0.5) is 0 Å². The fraction of sp³-hybridized carbons (Fsp3) is 0.250. The molecule has 6 heteroatoms. The summed E-state index contributed by atoms with van der Waals surface area (Å²) < 4.78 is 10.0. The monoisotopic (exact) mass is 305 g/mol. The quantitative estimate of drug-likeness (QED) is 0.192. The standard InChI is InChI=1S/C16H19NO5/c1-12(5-3-4-6-15(18)17-20)16(19)13-7-9-14(10-8-13)22-11-21-2/h3-10,12,20H,11H2,1-2H3,(H,17,18)/b5-3+,6-4+/t12-/m1/s1. The van der Waals surface area contributed by atoms with E-state index in [4.69, 9.17) is 14.7 Å². The molecule has 0 aromatic heterocycles. The lowest BCUT2D eigenvalue weighted by Gasteiger charge is -2.07. The van der Waals surface area contributed by atoms with Crippen LogP contribution in [0.1, 0.15) is 17.3 Å². The number of ether oxygens (including phenoxy) is 2. The van der Waals surface area contributed by atoms with Gasteiger partial charge in [0.15, 0.2) is 12.6 Å². The SMILES string of the molecule is COCOc1ccc(C(=O)[C@H](C)/C=C/C=C/C(=O)NO)cc1. The molecule has 22 heavy (non-hydrogen) atoms. The molecule has 0 unspecified atom stereocenters. The van der Waals surface area contributed by atoms with Gasteiger partial charge in [-0.1, -0.05) is 25.2 Å². The van der Waals surface area contributed by atoms with Crippen molar-refractivity contribution in [3.05, 3.63) is 54.1 Å². The van der Waals surface area contributed by atoms with E-state index in [-0.39, 0.29) is 18.5 Å². The Morgan fingerprint density at radius 3 is 2.55 bits per heavy atom. The number of rotatable bonds is 8. The van der Waals surface area contributed by atoms with Crippen molar-refractivity contribution in [1.82, 2.24) is 5.48 Å². The molecule has 0 saturated heterocycles. The van der Waals surface area contributed by atoms with Crippen LogP contribution in [0.3, 0.4) is 0 Å². The lowest BCUT2D eigenvalue weighted by Crippen LogP contribution is -2.14. The molecule has 0 radical (unpaired) electrons. The van der Waals surface area contributed by atoms with E-state index in [0.717, 1.165) is 6.08 Å². The molecule has 1 aromatic carbocycles. The molecule has 0 fully saturated rings. The summed E-state index contributed by atoms with van der Waals surface area (Å²) >= 11 is 0. The first-order chi connectivity index (χ1) is 10.6. The first kappa shape index (κ1) is 17.6. The number of hydrogen-bond acceptors (Lipinski definition) is 5. The highest BCUT2D eigenvalue weighted by Gasteiger charge is 2.12. The van der Waals surface area contributed by atoms with Gasteiger partial charge >= 0.3 is 0 Å². The third-order valence-electron chi connectivity index (χ3n) is 2.76. The number of methoxy groups -OCH3 is 1. The molecule has 0 bridgehead atoms. The number of allylic oxidation sites excluding steroid dienone is 3. The molecule has 0 aliphatic rings. The first-order valence-electron chi connectivity index (χ1n) is 6.63. The van der Waals surface area contributed by atoms with Crippen LogP contribution in [0.25, 0.3) is 0 Å². The molecule has 1 amide bonds. The summed E-state index contributed by atoms with van der Waals surface area (Å²) in [7, 11) is 1.53. The minimum atomic E-state index is -0.629. The molecule has 0 heterocycles. The van der Waals surface area contributed by atoms with E-state index in [1.54, 1.807) is 43.3 Å². The van der Waals surface area contributed by atoms with Gasteiger partial charge in [0.25, 0.3) is 5.91 Å². The number of carbonyl (C=O) groups is 2. The average molecular weight is 305 g/mol. The van der Waals surface area contributed by atoms with Crippen LogP contribution in [-0.4, -0.2) is 30.8 Å². The first-order valence-corrected chi connectivity index (χ1v) is 6.63. The Morgan fingerprint density at radius 2 is 1.95 bits per heavy atom. The van der Waals surface area contributed by atoms with Crippen molar-refractivity contribution in [1.29, 1.82) is 0 Å². The van der Waals surface area contributed by atoms with E-state index in [9.17, 15) is 9.59 Å². The van der Waals surface area contributed by atoms with Crippen LogP contribution in [-0.2, 0) is 9.53 Å². The third kappa shape index (κ3) is 5.90. The smallest absolute Gasteiger partial charge is 0.267 e. The Hall–Kier alpha value is -2.44. The lowest BCUT2D eigenvalue weighted by atomic mass is 9.99. The summed E-state index contributed by atoms with van der Waals surface area (Å²) in [6.07, 6.45) is 5.83. The Bertz CT molecular complexity index is 548. The number of nitrogens with one attached hydrogen (secondary N) is 1. The highest BCUT2D eigenvalue weighted by Crippen LogP contribution is 2.16. The Morgan fingerprint density at radius 1 is 1.27 bits per heavy atom. The Kier molecular flexibility index (Phi) is 7.60. The Labute approximate surface area is 129 Å². The number of hydrogen-bond donors (Lipinski definition) is 2. The van der Waals surface area contributed by atoms with Gasteiger partial charge in [0, 0.05) is 24.7 Å². The fourth-order valence-electron chi connectivity index (χ4n) is 1.60. The molecule has 0 aliphatic carbocycles. The minimum absolute atomic E-state index is 0.0467. The fourth-order valence-corrected chi connectivity index (χ4v) is 1.60. The van der Waals surface area contributed by atoms with Crippen LogP contribution < -0.4 is 10.2 Å². The molecule has 1 atom stereocenters. The van der Waals surface area contributed by atoms with Crippen LogP contribution >= 0.6 is 0 Å². The molecule has 0 aliphatic heterocycles. The molecular formula is C16H19NO5. The van der Waals surface area contributed by atoms with Gasteiger partial charge < -0.3 is 9.47 Å². The van der Waals surface area contributed by atoms with Gasteiger partial charge in [-0.3, -0.25) is 14.8 Å². The summed E-state index contributed by atoms with van der Waals surface area (Å²) in [5.41, 5.74) is 2.04. The third-order valence-corrected chi connectivity index (χ3v) is 2.76. The van der Waals surface area contributed by atoms with E-state index in [2.05, 4.69) is 0 Å². The zero-order valence-corrected chi connectivity index (χ0v) is 12.5.